The Morgan fingerprint density at radius 1 is 1.62 bits per heavy atom. The number of aromatic nitrogens is 1. The van der Waals surface area contributed by atoms with Crippen LogP contribution in [0.15, 0.2) is 17.1 Å². The van der Waals surface area contributed by atoms with Gasteiger partial charge in [0.1, 0.15) is 0 Å². The molecule has 0 spiro atoms. The Morgan fingerprint density at radius 3 is 3.06 bits per heavy atom. The minimum absolute atomic E-state index is 0.0717. The number of carbonyl (C=O) groups is 1. The van der Waals surface area contributed by atoms with Crippen molar-refractivity contribution in [1.82, 2.24) is 4.98 Å². The lowest BCUT2D eigenvalue weighted by atomic mass is 10.3. The number of rotatable bonds is 2. The maximum absolute atomic E-state index is 11.3. The third-order valence-corrected chi connectivity index (χ3v) is 2.66. The van der Waals surface area contributed by atoms with Crippen LogP contribution < -0.4 is 5.56 Å². The highest BCUT2D eigenvalue weighted by molar-refractivity contribution is 8.13. The van der Waals surface area contributed by atoms with Crippen LogP contribution in [0.4, 0.5) is 0 Å². The van der Waals surface area contributed by atoms with Gasteiger partial charge in [-0.25, -0.2) is 0 Å². The Bertz CT molecular complexity index is 499. The van der Waals surface area contributed by atoms with E-state index in [1.807, 2.05) is 0 Å². The minimum atomic E-state index is -0.254. The van der Waals surface area contributed by atoms with E-state index >= 15 is 0 Å². The van der Waals surface area contributed by atoms with Gasteiger partial charge in [0, 0.05) is 25.3 Å². The molecule has 1 heterocycles. The van der Waals surface area contributed by atoms with Crippen molar-refractivity contribution in [2.24, 2.45) is 0 Å². The van der Waals surface area contributed by atoms with E-state index in [1.165, 1.54) is 30.9 Å². The second kappa shape index (κ2) is 6.41. The number of pyridine rings is 1. The molecular weight excluding hydrogens is 246 g/mol. The molecule has 0 aliphatic carbocycles. The van der Waals surface area contributed by atoms with E-state index in [4.69, 9.17) is 11.6 Å². The summed E-state index contributed by atoms with van der Waals surface area (Å²) in [6, 6.07) is 1.52. The van der Waals surface area contributed by atoms with Crippen LogP contribution >= 0.6 is 23.4 Å². The van der Waals surface area contributed by atoms with Crippen molar-refractivity contribution >= 4 is 28.5 Å². The van der Waals surface area contributed by atoms with E-state index in [0.29, 0.717) is 22.8 Å². The summed E-state index contributed by atoms with van der Waals surface area (Å²) in [4.78, 5) is 24.4. The number of thioether (sulfide) groups is 1. The van der Waals surface area contributed by atoms with Crippen LogP contribution in [-0.4, -0.2) is 15.9 Å². The van der Waals surface area contributed by atoms with E-state index in [1.54, 1.807) is 0 Å². The second-order valence-electron chi connectivity index (χ2n) is 2.95. The van der Waals surface area contributed by atoms with E-state index in [0.717, 1.165) is 0 Å². The SMILES string of the molecule is CC(=O)SCCC#Cc1cc(Cl)c[nH]c1=O. The molecule has 0 bridgehead atoms. The zero-order chi connectivity index (χ0) is 12.0. The van der Waals surface area contributed by atoms with Gasteiger partial charge in [0.15, 0.2) is 5.12 Å². The molecule has 16 heavy (non-hydrogen) atoms. The molecule has 0 aliphatic heterocycles. The highest BCUT2D eigenvalue weighted by atomic mass is 35.5. The zero-order valence-electron chi connectivity index (χ0n) is 8.67. The predicted octanol–water partition coefficient (Wildman–Crippen LogP) is 2.05. The zero-order valence-corrected chi connectivity index (χ0v) is 10.2. The average Bonchev–Trinajstić information content (AvgIpc) is 2.22. The number of aromatic amines is 1. The third kappa shape index (κ3) is 4.56. The van der Waals surface area contributed by atoms with Crippen LogP contribution in [0.3, 0.4) is 0 Å². The number of carbonyl (C=O) groups excluding carboxylic acids is 1. The summed E-state index contributed by atoms with van der Waals surface area (Å²) in [5.41, 5.74) is 0.0939. The fourth-order valence-electron chi connectivity index (χ4n) is 0.954. The number of H-pyrrole nitrogens is 1. The molecule has 0 saturated carbocycles. The molecule has 0 aromatic carbocycles. The quantitative estimate of drug-likeness (QED) is 0.650. The standard InChI is InChI=1S/C11H10ClNO2S/c1-8(14)16-5-3-2-4-9-6-10(12)7-13-11(9)15/h6-7H,3,5H2,1H3,(H,13,15). The lowest BCUT2D eigenvalue weighted by molar-refractivity contribution is -0.109. The first-order chi connectivity index (χ1) is 7.59. The van der Waals surface area contributed by atoms with Crippen molar-refractivity contribution in [1.29, 1.82) is 0 Å². The molecule has 3 nitrogen and oxygen atoms in total. The van der Waals surface area contributed by atoms with Gasteiger partial charge in [-0.3, -0.25) is 9.59 Å². The summed E-state index contributed by atoms with van der Waals surface area (Å²) >= 11 is 6.93. The number of hydrogen-bond acceptors (Lipinski definition) is 3. The smallest absolute Gasteiger partial charge is 0.263 e. The molecule has 1 N–H and O–H groups in total. The molecule has 0 amide bonds. The van der Waals surface area contributed by atoms with Crippen LogP contribution in [0.2, 0.25) is 5.02 Å². The van der Waals surface area contributed by atoms with Crippen molar-refractivity contribution in [3.05, 3.63) is 33.2 Å². The maximum atomic E-state index is 11.3. The fourth-order valence-corrected chi connectivity index (χ4v) is 1.61. The highest BCUT2D eigenvalue weighted by Crippen LogP contribution is 2.05. The van der Waals surface area contributed by atoms with Crippen molar-refractivity contribution in [3.63, 3.8) is 0 Å². The molecule has 0 aliphatic rings. The first-order valence-corrected chi connectivity index (χ1v) is 5.96. The van der Waals surface area contributed by atoms with E-state index < -0.39 is 0 Å². The molecule has 84 valence electrons. The van der Waals surface area contributed by atoms with Crippen LogP contribution in [0.25, 0.3) is 0 Å². The molecule has 5 heteroatoms. The maximum Gasteiger partial charge on any atom is 0.263 e. The summed E-state index contributed by atoms with van der Waals surface area (Å²) in [6.45, 7) is 1.51. The summed E-state index contributed by atoms with van der Waals surface area (Å²) in [6.07, 6.45) is 1.98. The predicted molar refractivity (Wildman–Crippen MR) is 66.7 cm³/mol. The summed E-state index contributed by atoms with van der Waals surface area (Å²) < 4.78 is 0. The highest BCUT2D eigenvalue weighted by Gasteiger charge is 1.96. The molecule has 1 aromatic rings. The van der Waals surface area contributed by atoms with Gasteiger partial charge in [-0.15, -0.1) is 0 Å². The molecule has 0 fully saturated rings. The van der Waals surface area contributed by atoms with Gasteiger partial charge >= 0.3 is 0 Å². The first kappa shape index (κ1) is 12.9. The van der Waals surface area contributed by atoms with Crippen molar-refractivity contribution in [2.45, 2.75) is 13.3 Å². The van der Waals surface area contributed by atoms with Gasteiger partial charge < -0.3 is 4.98 Å². The van der Waals surface area contributed by atoms with Crippen molar-refractivity contribution in [2.75, 3.05) is 5.75 Å². The Hall–Kier alpha value is -1.18. The normalized spacial score (nSPS) is 9.38. The molecule has 0 radical (unpaired) electrons. The van der Waals surface area contributed by atoms with Crippen LogP contribution in [-0.2, 0) is 4.79 Å². The largest absolute Gasteiger partial charge is 0.327 e. The summed E-state index contributed by atoms with van der Waals surface area (Å²) in [5, 5.41) is 0.518. The molecule has 0 unspecified atom stereocenters. The van der Waals surface area contributed by atoms with Gasteiger partial charge in [-0.2, -0.15) is 0 Å². The van der Waals surface area contributed by atoms with Gasteiger partial charge in [0.2, 0.25) is 0 Å². The van der Waals surface area contributed by atoms with E-state index in [-0.39, 0.29) is 10.7 Å². The summed E-state index contributed by atoms with van der Waals surface area (Å²) in [7, 11) is 0. The van der Waals surface area contributed by atoms with E-state index in [2.05, 4.69) is 16.8 Å². The number of nitrogens with one attached hydrogen (secondary N) is 1. The van der Waals surface area contributed by atoms with Crippen LogP contribution in [0.5, 0.6) is 0 Å². The second-order valence-corrected chi connectivity index (χ2v) is 4.66. The minimum Gasteiger partial charge on any atom is -0.327 e. The lowest BCUT2D eigenvalue weighted by Gasteiger charge is -1.91. The molecule has 1 aromatic heterocycles. The topological polar surface area (TPSA) is 49.9 Å². The summed E-state index contributed by atoms with van der Waals surface area (Å²) in [5.74, 6) is 6.19. The number of halogens is 1. The van der Waals surface area contributed by atoms with Crippen molar-refractivity contribution < 1.29 is 4.79 Å². The average molecular weight is 256 g/mol. The Kier molecular flexibility index (Phi) is 5.17. The van der Waals surface area contributed by atoms with Gasteiger partial charge in [-0.1, -0.05) is 35.2 Å². The van der Waals surface area contributed by atoms with Gasteiger partial charge in [-0.05, 0) is 6.07 Å². The Labute approximate surface area is 103 Å². The van der Waals surface area contributed by atoms with Gasteiger partial charge in [0.25, 0.3) is 5.56 Å². The van der Waals surface area contributed by atoms with E-state index in [9.17, 15) is 9.59 Å². The first-order valence-electron chi connectivity index (χ1n) is 4.60. The molecule has 0 saturated heterocycles. The third-order valence-electron chi connectivity index (χ3n) is 1.62. The molecule has 0 atom stereocenters. The van der Waals surface area contributed by atoms with Crippen LogP contribution in [0.1, 0.15) is 18.9 Å². The lowest BCUT2D eigenvalue weighted by Crippen LogP contribution is -2.08. The fraction of sp³-hybridized carbons (Fsp3) is 0.273. The van der Waals surface area contributed by atoms with Crippen molar-refractivity contribution in [3.8, 4) is 11.8 Å². The van der Waals surface area contributed by atoms with Crippen LogP contribution in [0, 0.1) is 11.8 Å². The molecule has 1 rings (SSSR count). The molecular formula is C11H10ClNO2S. The number of hydrogen-bond donors (Lipinski definition) is 1. The van der Waals surface area contributed by atoms with Gasteiger partial charge in [0.05, 0.1) is 10.6 Å². The Balaban J connectivity index is 2.59. The Morgan fingerprint density at radius 2 is 2.38 bits per heavy atom. The monoisotopic (exact) mass is 255 g/mol.